The Kier molecular flexibility index (Phi) is 4.24. The second kappa shape index (κ2) is 6.48. The minimum absolute atomic E-state index is 0.122. The van der Waals surface area contributed by atoms with Crippen molar-refractivity contribution in [1.82, 2.24) is 0 Å². The van der Waals surface area contributed by atoms with Crippen LogP contribution in [-0.2, 0) is 4.79 Å². The number of carbonyl (C=O) groups excluding carboxylic acids is 1. The maximum absolute atomic E-state index is 12.2. The van der Waals surface area contributed by atoms with E-state index in [1.807, 2.05) is 60.7 Å². The molecule has 1 unspecified atom stereocenters. The predicted molar refractivity (Wildman–Crippen MR) is 88.1 cm³/mol. The van der Waals surface area contributed by atoms with Gasteiger partial charge in [-0.15, -0.1) is 0 Å². The molecule has 0 heterocycles. The number of carbonyl (C=O) groups is 1. The highest BCUT2D eigenvalue weighted by atomic mass is 16.5. The Morgan fingerprint density at radius 1 is 1.09 bits per heavy atom. The van der Waals surface area contributed by atoms with E-state index in [2.05, 4.69) is 5.32 Å². The van der Waals surface area contributed by atoms with Gasteiger partial charge in [-0.2, -0.15) is 0 Å². The molecule has 0 saturated carbocycles. The van der Waals surface area contributed by atoms with E-state index in [0.29, 0.717) is 6.42 Å². The summed E-state index contributed by atoms with van der Waals surface area (Å²) < 4.78 is 5.27. The summed E-state index contributed by atoms with van der Waals surface area (Å²) in [5, 5.41) is 3.47. The smallest absolute Gasteiger partial charge is 0.161 e. The molecule has 1 atom stereocenters. The third-order valence-corrected chi connectivity index (χ3v) is 3.88. The van der Waals surface area contributed by atoms with Gasteiger partial charge in [0.05, 0.1) is 13.2 Å². The molecule has 3 heteroatoms. The van der Waals surface area contributed by atoms with Crippen molar-refractivity contribution in [2.24, 2.45) is 0 Å². The summed E-state index contributed by atoms with van der Waals surface area (Å²) in [4.78, 5) is 12.2. The standard InChI is InChI=1S/C19H19NO2/c1-22-16-10-5-9-15(13-16)20-19(14-7-3-2-4-8-14)17-11-6-12-18(17)21/h2-5,7-11,13,19-20H,6,12H2,1H3. The topological polar surface area (TPSA) is 38.3 Å². The van der Waals surface area contributed by atoms with E-state index < -0.39 is 0 Å². The fourth-order valence-corrected chi connectivity index (χ4v) is 2.76. The third kappa shape index (κ3) is 3.03. The van der Waals surface area contributed by atoms with Crippen LogP contribution in [0.1, 0.15) is 24.4 Å². The van der Waals surface area contributed by atoms with Crippen LogP contribution in [0.15, 0.2) is 66.2 Å². The molecule has 0 amide bonds. The zero-order valence-corrected chi connectivity index (χ0v) is 12.6. The Morgan fingerprint density at radius 2 is 1.91 bits per heavy atom. The number of hydrogen-bond donors (Lipinski definition) is 1. The highest BCUT2D eigenvalue weighted by Crippen LogP contribution is 2.32. The number of methoxy groups -OCH3 is 1. The number of ketones is 1. The summed E-state index contributed by atoms with van der Waals surface area (Å²) in [7, 11) is 1.65. The van der Waals surface area contributed by atoms with Gasteiger partial charge in [-0.05, 0) is 24.1 Å². The molecular formula is C19H19NO2. The lowest BCUT2D eigenvalue weighted by Crippen LogP contribution is -2.17. The Bertz CT molecular complexity index is 692. The second-order valence-electron chi connectivity index (χ2n) is 5.34. The van der Waals surface area contributed by atoms with Gasteiger partial charge in [0.1, 0.15) is 5.75 Å². The van der Waals surface area contributed by atoms with Crippen molar-refractivity contribution in [3.63, 3.8) is 0 Å². The summed E-state index contributed by atoms with van der Waals surface area (Å²) in [5.41, 5.74) is 2.88. The molecule has 0 radical (unpaired) electrons. The number of Topliss-reactive ketones (excluding diaryl/α,β-unsaturated/α-hetero) is 1. The van der Waals surface area contributed by atoms with Crippen LogP contribution in [0, 0.1) is 0 Å². The highest BCUT2D eigenvalue weighted by molar-refractivity contribution is 5.99. The maximum atomic E-state index is 12.2. The van der Waals surface area contributed by atoms with E-state index in [0.717, 1.165) is 29.0 Å². The van der Waals surface area contributed by atoms with Crippen LogP contribution in [0.3, 0.4) is 0 Å². The molecular weight excluding hydrogens is 274 g/mol. The van der Waals surface area contributed by atoms with E-state index in [1.165, 1.54) is 0 Å². The number of ether oxygens (including phenoxy) is 1. The first-order valence-corrected chi connectivity index (χ1v) is 7.47. The summed E-state index contributed by atoms with van der Waals surface area (Å²) in [6.07, 6.45) is 3.49. The van der Waals surface area contributed by atoms with Gasteiger partial charge in [0, 0.05) is 23.7 Å². The minimum Gasteiger partial charge on any atom is -0.497 e. The van der Waals surface area contributed by atoms with Crippen molar-refractivity contribution < 1.29 is 9.53 Å². The molecule has 0 aliphatic heterocycles. The average molecular weight is 293 g/mol. The number of rotatable bonds is 5. The van der Waals surface area contributed by atoms with Gasteiger partial charge in [0.15, 0.2) is 5.78 Å². The molecule has 0 fully saturated rings. The van der Waals surface area contributed by atoms with Gasteiger partial charge in [-0.25, -0.2) is 0 Å². The number of allylic oxidation sites excluding steroid dienone is 1. The Balaban J connectivity index is 1.93. The number of anilines is 1. The lowest BCUT2D eigenvalue weighted by atomic mass is 9.97. The molecule has 0 aromatic heterocycles. The monoisotopic (exact) mass is 293 g/mol. The summed E-state index contributed by atoms with van der Waals surface area (Å²) in [6.45, 7) is 0. The van der Waals surface area contributed by atoms with Crippen LogP contribution < -0.4 is 10.1 Å². The van der Waals surface area contributed by atoms with Crippen molar-refractivity contribution in [2.75, 3.05) is 12.4 Å². The van der Waals surface area contributed by atoms with E-state index in [4.69, 9.17) is 4.74 Å². The SMILES string of the molecule is COc1cccc(NC(C2=CCCC2=O)c2ccccc2)c1. The average Bonchev–Trinajstić information content (AvgIpc) is 2.99. The molecule has 1 N–H and O–H groups in total. The van der Waals surface area contributed by atoms with Crippen molar-refractivity contribution in [1.29, 1.82) is 0 Å². The van der Waals surface area contributed by atoms with Crippen molar-refractivity contribution in [3.05, 3.63) is 71.8 Å². The fraction of sp³-hybridized carbons (Fsp3) is 0.211. The molecule has 112 valence electrons. The predicted octanol–water partition coefficient (Wildman–Crippen LogP) is 4.14. The Morgan fingerprint density at radius 3 is 2.59 bits per heavy atom. The van der Waals surface area contributed by atoms with E-state index in [9.17, 15) is 4.79 Å². The van der Waals surface area contributed by atoms with Gasteiger partial charge in [-0.1, -0.05) is 42.5 Å². The molecule has 0 saturated heterocycles. The summed E-state index contributed by atoms with van der Waals surface area (Å²) >= 11 is 0. The normalized spacial score (nSPS) is 15.3. The summed E-state index contributed by atoms with van der Waals surface area (Å²) in [6, 6.07) is 17.7. The van der Waals surface area contributed by atoms with Gasteiger partial charge in [-0.3, -0.25) is 4.79 Å². The van der Waals surface area contributed by atoms with Gasteiger partial charge >= 0.3 is 0 Å². The molecule has 2 aromatic carbocycles. The van der Waals surface area contributed by atoms with E-state index >= 15 is 0 Å². The van der Waals surface area contributed by atoms with Gasteiger partial charge in [0.2, 0.25) is 0 Å². The first-order chi connectivity index (χ1) is 10.8. The fourth-order valence-electron chi connectivity index (χ4n) is 2.76. The van der Waals surface area contributed by atoms with Crippen LogP contribution in [0.5, 0.6) is 5.75 Å². The summed E-state index contributed by atoms with van der Waals surface area (Å²) in [5.74, 6) is 1.02. The number of benzene rings is 2. The van der Waals surface area contributed by atoms with E-state index in [1.54, 1.807) is 7.11 Å². The largest absolute Gasteiger partial charge is 0.497 e. The quantitative estimate of drug-likeness (QED) is 0.900. The van der Waals surface area contributed by atoms with Crippen molar-refractivity contribution in [2.45, 2.75) is 18.9 Å². The van der Waals surface area contributed by atoms with Crippen LogP contribution in [0.2, 0.25) is 0 Å². The molecule has 2 aromatic rings. The van der Waals surface area contributed by atoms with E-state index in [-0.39, 0.29) is 11.8 Å². The lowest BCUT2D eigenvalue weighted by Gasteiger charge is -2.21. The first kappa shape index (κ1) is 14.4. The molecule has 0 bridgehead atoms. The molecule has 3 rings (SSSR count). The Hall–Kier alpha value is -2.55. The zero-order valence-electron chi connectivity index (χ0n) is 12.6. The number of nitrogens with one attached hydrogen (secondary N) is 1. The maximum Gasteiger partial charge on any atom is 0.161 e. The molecule has 1 aliphatic carbocycles. The van der Waals surface area contributed by atoms with Gasteiger partial charge in [0.25, 0.3) is 0 Å². The molecule has 0 spiro atoms. The van der Waals surface area contributed by atoms with Crippen LogP contribution >= 0.6 is 0 Å². The first-order valence-electron chi connectivity index (χ1n) is 7.47. The molecule has 22 heavy (non-hydrogen) atoms. The molecule has 3 nitrogen and oxygen atoms in total. The lowest BCUT2D eigenvalue weighted by molar-refractivity contribution is -0.115. The minimum atomic E-state index is -0.122. The van der Waals surface area contributed by atoms with Crippen LogP contribution in [0.25, 0.3) is 0 Å². The second-order valence-corrected chi connectivity index (χ2v) is 5.34. The van der Waals surface area contributed by atoms with Crippen molar-refractivity contribution in [3.8, 4) is 5.75 Å². The molecule has 1 aliphatic rings. The number of hydrogen-bond acceptors (Lipinski definition) is 3. The van der Waals surface area contributed by atoms with Crippen LogP contribution in [-0.4, -0.2) is 12.9 Å². The van der Waals surface area contributed by atoms with Gasteiger partial charge < -0.3 is 10.1 Å². The van der Waals surface area contributed by atoms with Crippen LogP contribution in [0.4, 0.5) is 5.69 Å². The third-order valence-electron chi connectivity index (χ3n) is 3.88. The highest BCUT2D eigenvalue weighted by Gasteiger charge is 2.25. The Labute approximate surface area is 130 Å². The van der Waals surface area contributed by atoms with Crippen molar-refractivity contribution >= 4 is 11.5 Å². The zero-order chi connectivity index (χ0) is 15.4.